The van der Waals surface area contributed by atoms with Gasteiger partial charge in [-0.2, -0.15) is 0 Å². The van der Waals surface area contributed by atoms with E-state index in [2.05, 4.69) is 130 Å². The maximum atomic E-state index is 10.8. The molecule has 64 heavy (non-hydrogen) atoms. The lowest BCUT2D eigenvalue weighted by Crippen LogP contribution is -1.97. The first-order valence-electron chi connectivity index (χ1n) is 22.2. The van der Waals surface area contributed by atoms with Gasteiger partial charge in [0, 0.05) is 0 Å². The van der Waals surface area contributed by atoms with Crippen LogP contribution >= 0.6 is 0 Å². The van der Waals surface area contributed by atoms with Gasteiger partial charge in [0.2, 0.25) is 11.5 Å². The first kappa shape index (κ1) is 52.3. The van der Waals surface area contributed by atoms with E-state index in [4.69, 9.17) is 18.9 Å². The van der Waals surface area contributed by atoms with E-state index in [0.29, 0.717) is 59.7 Å². The van der Waals surface area contributed by atoms with Crippen LogP contribution in [0.3, 0.4) is 0 Å². The third kappa shape index (κ3) is 15.7. The zero-order chi connectivity index (χ0) is 47.7. The van der Waals surface area contributed by atoms with E-state index >= 15 is 0 Å². The molecule has 0 aliphatic carbocycles. The number of rotatable bonds is 19. The molecule has 0 saturated carbocycles. The van der Waals surface area contributed by atoms with Crippen LogP contribution < -0.4 is 18.9 Å². The lowest BCUT2D eigenvalue weighted by atomic mass is 9.92. The topological polar surface area (TPSA) is 118 Å². The average Bonchev–Trinajstić information content (AvgIpc) is 3.26. The van der Waals surface area contributed by atoms with E-state index < -0.39 is 0 Å². The Balaban J connectivity index is 0.000000340. The molecule has 4 aromatic rings. The van der Waals surface area contributed by atoms with Gasteiger partial charge in [0.25, 0.3) is 0 Å². The van der Waals surface area contributed by atoms with E-state index in [9.17, 15) is 20.4 Å². The second kappa shape index (κ2) is 25.3. The van der Waals surface area contributed by atoms with Crippen molar-refractivity contribution in [1.82, 2.24) is 0 Å². The maximum absolute atomic E-state index is 10.8. The third-order valence-electron chi connectivity index (χ3n) is 11.0. The Bertz CT molecular complexity index is 2220. The molecule has 0 saturated heterocycles. The normalized spacial score (nSPS) is 12.0. The Morgan fingerprint density at radius 3 is 1.16 bits per heavy atom. The van der Waals surface area contributed by atoms with Crippen LogP contribution in [0.1, 0.15) is 132 Å². The summed E-state index contributed by atoms with van der Waals surface area (Å²) in [6.45, 7) is 21.0. The van der Waals surface area contributed by atoms with Crippen LogP contribution in [0, 0.1) is 5.92 Å². The lowest BCUT2D eigenvalue weighted by Gasteiger charge is -2.15. The number of aromatic hydroxyl groups is 4. The van der Waals surface area contributed by atoms with Gasteiger partial charge in [-0.1, -0.05) is 99.1 Å². The van der Waals surface area contributed by atoms with Crippen molar-refractivity contribution in [1.29, 1.82) is 0 Å². The highest BCUT2D eigenvalue weighted by Gasteiger charge is 2.16. The molecule has 0 spiro atoms. The fourth-order valence-electron chi connectivity index (χ4n) is 6.90. The molecular formula is C56H74O8. The molecule has 2 unspecified atom stereocenters. The predicted octanol–water partition coefficient (Wildman–Crippen LogP) is 14.0. The Hall–Kier alpha value is -6.02. The van der Waals surface area contributed by atoms with Crippen molar-refractivity contribution in [2.75, 3.05) is 28.4 Å². The SMILES string of the molecule is COc1cc(/C=C/C(C)c2cc(CC=C(C)C)c(O)c(CC=C(C)C)c2)cc(OC)c1O.COc1cc(C(C)/C=C/c2cc(CC=C(C)C)c(O)c(CCC(C)C)c2)cc(OC)c1O. The smallest absolute Gasteiger partial charge is 0.200 e. The van der Waals surface area contributed by atoms with Gasteiger partial charge in [0.15, 0.2) is 23.0 Å². The summed E-state index contributed by atoms with van der Waals surface area (Å²) in [7, 11) is 6.09. The third-order valence-corrected chi connectivity index (χ3v) is 11.0. The molecule has 8 heteroatoms. The molecule has 0 radical (unpaired) electrons. The summed E-state index contributed by atoms with van der Waals surface area (Å²) in [6.07, 6.45) is 18.7. The molecule has 0 aromatic heterocycles. The zero-order valence-corrected chi connectivity index (χ0v) is 40.8. The molecular weight excluding hydrogens is 801 g/mol. The Morgan fingerprint density at radius 1 is 0.453 bits per heavy atom. The molecule has 4 aromatic carbocycles. The van der Waals surface area contributed by atoms with Crippen molar-refractivity contribution in [3.8, 4) is 46.0 Å². The number of phenolic OH excluding ortho intramolecular Hbond substituents is 4. The van der Waals surface area contributed by atoms with Crippen molar-refractivity contribution in [2.24, 2.45) is 5.92 Å². The van der Waals surface area contributed by atoms with Crippen LogP contribution in [0.15, 0.2) is 95.6 Å². The highest BCUT2D eigenvalue weighted by Crippen LogP contribution is 2.40. The molecule has 0 aliphatic rings. The van der Waals surface area contributed by atoms with Crippen LogP contribution in [0.25, 0.3) is 12.2 Å². The van der Waals surface area contributed by atoms with E-state index in [1.165, 1.54) is 45.2 Å². The predicted molar refractivity (Wildman–Crippen MR) is 266 cm³/mol. The van der Waals surface area contributed by atoms with Gasteiger partial charge in [-0.25, -0.2) is 0 Å². The summed E-state index contributed by atoms with van der Waals surface area (Å²) in [5, 5.41) is 42.0. The van der Waals surface area contributed by atoms with E-state index in [1.54, 1.807) is 12.1 Å². The van der Waals surface area contributed by atoms with E-state index in [0.717, 1.165) is 57.3 Å². The number of phenols is 4. The van der Waals surface area contributed by atoms with Crippen molar-refractivity contribution < 1.29 is 39.4 Å². The van der Waals surface area contributed by atoms with Crippen LogP contribution in [0.5, 0.6) is 46.0 Å². The van der Waals surface area contributed by atoms with Crippen LogP contribution in [-0.2, 0) is 25.7 Å². The van der Waals surface area contributed by atoms with Gasteiger partial charge in [0.1, 0.15) is 11.5 Å². The lowest BCUT2D eigenvalue weighted by molar-refractivity contribution is 0.339. The summed E-state index contributed by atoms with van der Waals surface area (Å²) in [4.78, 5) is 0. The first-order valence-corrected chi connectivity index (χ1v) is 22.2. The van der Waals surface area contributed by atoms with E-state index in [-0.39, 0.29) is 23.3 Å². The quantitative estimate of drug-likeness (QED) is 0.0688. The molecule has 2 atom stereocenters. The fourth-order valence-corrected chi connectivity index (χ4v) is 6.90. The monoisotopic (exact) mass is 875 g/mol. The zero-order valence-electron chi connectivity index (χ0n) is 40.8. The van der Waals surface area contributed by atoms with Crippen molar-refractivity contribution >= 4 is 12.2 Å². The number of ether oxygens (including phenoxy) is 4. The number of allylic oxidation sites excluding steroid dienone is 8. The number of hydrogen-bond donors (Lipinski definition) is 4. The molecule has 0 amide bonds. The summed E-state index contributed by atoms with van der Waals surface area (Å²) < 4.78 is 21.1. The van der Waals surface area contributed by atoms with Gasteiger partial charge in [0.05, 0.1) is 28.4 Å². The number of benzene rings is 4. The first-order chi connectivity index (χ1) is 30.3. The summed E-state index contributed by atoms with van der Waals surface area (Å²) in [5.74, 6) is 3.10. The average molecular weight is 875 g/mol. The van der Waals surface area contributed by atoms with Gasteiger partial charge in [-0.3, -0.25) is 0 Å². The molecule has 4 N–H and O–H groups in total. The number of methoxy groups -OCH3 is 4. The molecule has 0 bridgehead atoms. The van der Waals surface area contributed by atoms with Gasteiger partial charge < -0.3 is 39.4 Å². The van der Waals surface area contributed by atoms with Crippen LogP contribution in [0.4, 0.5) is 0 Å². The standard InChI is InChI=1S/C28H36O4.C28H38O4/c1-18(2)8-12-22-16-24(17-23(27(22)29)13-9-19(3)4)20(5)10-11-21-14-25(31-6)28(30)26(15-21)32-7;1-18(2)8-12-22-14-21(15-23(27(22)29)13-9-19(3)4)11-10-20(5)24-16-25(31-6)28(30)26(17-24)32-7/h8-11,14-17,20,29-30H,12-13H2,1-7H3;8,10-11,14-17,19-20,29-30H,9,12-13H2,1-7H3/b2*11-10+. The Kier molecular flexibility index (Phi) is 20.7. The molecule has 346 valence electrons. The largest absolute Gasteiger partial charge is 0.507 e. The highest BCUT2D eigenvalue weighted by atomic mass is 16.5. The number of aryl methyl sites for hydroxylation is 1. The van der Waals surface area contributed by atoms with Gasteiger partial charge in [-0.15, -0.1) is 0 Å². The molecule has 0 aliphatic heterocycles. The second-order valence-corrected chi connectivity index (χ2v) is 17.6. The van der Waals surface area contributed by atoms with Crippen LogP contribution in [0.2, 0.25) is 0 Å². The molecule has 4 rings (SSSR count). The van der Waals surface area contributed by atoms with Crippen molar-refractivity contribution in [2.45, 2.75) is 113 Å². The second-order valence-electron chi connectivity index (χ2n) is 17.6. The van der Waals surface area contributed by atoms with Gasteiger partial charge in [-0.05, 0) is 172 Å². The van der Waals surface area contributed by atoms with E-state index in [1.807, 2.05) is 18.2 Å². The van der Waals surface area contributed by atoms with Crippen LogP contribution in [-0.4, -0.2) is 48.9 Å². The van der Waals surface area contributed by atoms with Gasteiger partial charge >= 0.3 is 0 Å². The molecule has 0 heterocycles. The highest BCUT2D eigenvalue weighted by molar-refractivity contribution is 5.63. The summed E-state index contributed by atoms with van der Waals surface area (Å²) >= 11 is 0. The minimum Gasteiger partial charge on any atom is -0.507 e. The van der Waals surface area contributed by atoms with Crippen molar-refractivity contribution in [3.63, 3.8) is 0 Å². The fraction of sp³-hybridized carbons (Fsp3) is 0.393. The summed E-state index contributed by atoms with van der Waals surface area (Å²) in [6, 6.07) is 15.5. The minimum atomic E-state index is -0.00781. The maximum Gasteiger partial charge on any atom is 0.200 e. The Morgan fingerprint density at radius 2 is 0.781 bits per heavy atom. The Labute approximate surface area is 383 Å². The van der Waals surface area contributed by atoms with Crippen molar-refractivity contribution in [3.05, 3.63) is 140 Å². The molecule has 0 fully saturated rings. The summed E-state index contributed by atoms with van der Waals surface area (Å²) in [5.41, 5.74) is 11.6. The minimum absolute atomic E-state index is 0.00664. The number of hydrogen-bond acceptors (Lipinski definition) is 8. The molecule has 8 nitrogen and oxygen atoms in total.